The Bertz CT molecular complexity index is 936. The molecule has 0 spiro atoms. The highest BCUT2D eigenvalue weighted by Gasteiger charge is 2.23. The van der Waals surface area contributed by atoms with Crippen LogP contribution in [0.2, 0.25) is 0 Å². The van der Waals surface area contributed by atoms with Crippen LogP contribution in [0.1, 0.15) is 24.8 Å². The van der Waals surface area contributed by atoms with Crippen LogP contribution in [0.25, 0.3) is 6.08 Å². The standard InChI is InChI=1S/C20H19N3O3S/c24-20-19(27-18-7-3-2-6-15(18)21-20)13-14-8-9-16(17(12-14)23(25)26)22-10-4-1-5-11-22/h2-3,6-9,12-13H,1,4-5,10-11H2,(H,21,24)/b19-13+. The minimum Gasteiger partial charge on any atom is -0.366 e. The first-order chi connectivity index (χ1) is 13.1. The van der Waals surface area contributed by atoms with Crippen molar-refractivity contribution in [3.8, 4) is 0 Å². The summed E-state index contributed by atoms with van der Waals surface area (Å²) in [5, 5.41) is 14.5. The van der Waals surface area contributed by atoms with Crippen molar-refractivity contribution in [3.05, 3.63) is 63.0 Å². The van der Waals surface area contributed by atoms with Crippen LogP contribution in [-0.4, -0.2) is 23.9 Å². The van der Waals surface area contributed by atoms with Gasteiger partial charge in [0.05, 0.1) is 15.5 Å². The Morgan fingerprint density at radius 1 is 1.11 bits per heavy atom. The third kappa shape index (κ3) is 3.68. The Hall–Kier alpha value is -2.80. The minimum atomic E-state index is -0.338. The number of para-hydroxylation sites is 1. The van der Waals surface area contributed by atoms with Crippen molar-refractivity contribution in [2.75, 3.05) is 23.3 Å². The number of nitro benzene ring substituents is 1. The summed E-state index contributed by atoms with van der Waals surface area (Å²) >= 11 is 1.38. The van der Waals surface area contributed by atoms with Crippen molar-refractivity contribution in [3.63, 3.8) is 0 Å². The van der Waals surface area contributed by atoms with Crippen molar-refractivity contribution in [2.24, 2.45) is 0 Å². The summed E-state index contributed by atoms with van der Waals surface area (Å²) in [5.41, 5.74) is 2.19. The van der Waals surface area contributed by atoms with Crippen LogP contribution in [-0.2, 0) is 4.79 Å². The number of hydrogen-bond donors (Lipinski definition) is 1. The maximum atomic E-state index is 12.4. The zero-order valence-corrected chi connectivity index (χ0v) is 15.5. The van der Waals surface area contributed by atoms with Gasteiger partial charge in [0.1, 0.15) is 5.69 Å². The van der Waals surface area contributed by atoms with Crippen molar-refractivity contribution in [1.29, 1.82) is 0 Å². The van der Waals surface area contributed by atoms with Crippen LogP contribution >= 0.6 is 11.8 Å². The summed E-state index contributed by atoms with van der Waals surface area (Å²) in [6.45, 7) is 1.69. The quantitative estimate of drug-likeness (QED) is 0.475. The molecule has 0 aliphatic carbocycles. The third-order valence-electron chi connectivity index (χ3n) is 4.77. The van der Waals surface area contributed by atoms with E-state index in [1.807, 2.05) is 30.3 Å². The van der Waals surface area contributed by atoms with E-state index in [1.54, 1.807) is 18.2 Å². The number of rotatable bonds is 3. The summed E-state index contributed by atoms with van der Waals surface area (Å²) in [6.07, 6.45) is 4.99. The second kappa shape index (κ2) is 7.44. The number of carbonyl (C=O) groups is 1. The molecular weight excluding hydrogens is 362 g/mol. The molecule has 2 aliphatic rings. The van der Waals surface area contributed by atoms with Gasteiger partial charge in [-0.1, -0.05) is 30.0 Å². The van der Waals surface area contributed by atoms with E-state index in [9.17, 15) is 14.9 Å². The Morgan fingerprint density at radius 2 is 1.89 bits per heavy atom. The van der Waals surface area contributed by atoms with Crippen molar-refractivity contribution < 1.29 is 9.72 Å². The molecule has 0 radical (unpaired) electrons. The zero-order valence-electron chi connectivity index (χ0n) is 14.7. The molecule has 27 heavy (non-hydrogen) atoms. The van der Waals surface area contributed by atoms with Crippen LogP contribution in [0.15, 0.2) is 52.3 Å². The van der Waals surface area contributed by atoms with E-state index in [-0.39, 0.29) is 16.5 Å². The number of piperidine rings is 1. The van der Waals surface area contributed by atoms with Crippen LogP contribution in [0, 0.1) is 10.1 Å². The molecule has 138 valence electrons. The summed E-state index contributed by atoms with van der Waals surface area (Å²) in [7, 11) is 0. The van der Waals surface area contributed by atoms with Gasteiger partial charge in [0, 0.05) is 24.1 Å². The highest BCUT2D eigenvalue weighted by atomic mass is 32.2. The summed E-state index contributed by atoms with van der Waals surface area (Å²) in [4.78, 5) is 27.2. The number of benzene rings is 2. The normalized spacial score (nSPS) is 18.1. The average molecular weight is 381 g/mol. The highest BCUT2D eigenvalue weighted by Crippen LogP contribution is 2.39. The second-order valence-corrected chi connectivity index (χ2v) is 7.70. The molecule has 1 saturated heterocycles. The maximum Gasteiger partial charge on any atom is 0.293 e. The Balaban J connectivity index is 1.66. The molecule has 0 unspecified atom stereocenters. The van der Waals surface area contributed by atoms with E-state index in [4.69, 9.17) is 0 Å². The summed E-state index contributed by atoms with van der Waals surface area (Å²) < 4.78 is 0. The number of nitro groups is 1. The lowest BCUT2D eigenvalue weighted by Crippen LogP contribution is -2.29. The second-order valence-electron chi connectivity index (χ2n) is 6.61. The zero-order chi connectivity index (χ0) is 18.8. The maximum absolute atomic E-state index is 12.4. The average Bonchev–Trinajstić information content (AvgIpc) is 2.69. The van der Waals surface area contributed by atoms with Gasteiger partial charge in [-0.05, 0) is 49.1 Å². The van der Waals surface area contributed by atoms with E-state index >= 15 is 0 Å². The monoisotopic (exact) mass is 381 g/mol. The van der Waals surface area contributed by atoms with Gasteiger partial charge in [0.15, 0.2) is 0 Å². The summed E-state index contributed by atoms with van der Waals surface area (Å²) in [5.74, 6) is -0.193. The van der Waals surface area contributed by atoms with E-state index in [0.29, 0.717) is 16.2 Å². The van der Waals surface area contributed by atoms with Gasteiger partial charge < -0.3 is 10.2 Å². The third-order valence-corrected chi connectivity index (χ3v) is 5.87. The first-order valence-electron chi connectivity index (χ1n) is 8.95. The van der Waals surface area contributed by atoms with Gasteiger partial charge in [0.25, 0.3) is 11.6 Å². The van der Waals surface area contributed by atoms with E-state index in [1.165, 1.54) is 18.2 Å². The Morgan fingerprint density at radius 3 is 2.67 bits per heavy atom. The van der Waals surface area contributed by atoms with Crippen LogP contribution < -0.4 is 10.2 Å². The number of carbonyl (C=O) groups excluding carboxylic acids is 1. The minimum absolute atomic E-state index is 0.0906. The smallest absolute Gasteiger partial charge is 0.293 e. The first kappa shape index (κ1) is 17.6. The van der Waals surface area contributed by atoms with Crippen molar-refractivity contribution >= 4 is 40.8 Å². The molecule has 0 bridgehead atoms. The lowest BCUT2D eigenvalue weighted by Gasteiger charge is -2.28. The van der Waals surface area contributed by atoms with Crippen LogP contribution in [0.4, 0.5) is 17.1 Å². The van der Waals surface area contributed by atoms with E-state index < -0.39 is 0 Å². The topological polar surface area (TPSA) is 75.5 Å². The van der Waals surface area contributed by atoms with Crippen molar-refractivity contribution in [1.82, 2.24) is 0 Å². The molecule has 2 heterocycles. The molecule has 0 aromatic heterocycles. The predicted molar refractivity (Wildman–Crippen MR) is 108 cm³/mol. The summed E-state index contributed by atoms with van der Waals surface area (Å²) in [6, 6.07) is 12.8. The van der Waals surface area contributed by atoms with Crippen LogP contribution in [0.3, 0.4) is 0 Å². The predicted octanol–water partition coefficient (Wildman–Crippen LogP) is 4.67. The number of thioether (sulfide) groups is 1. The van der Waals surface area contributed by atoms with Gasteiger partial charge in [-0.25, -0.2) is 0 Å². The van der Waals surface area contributed by atoms with Gasteiger partial charge >= 0.3 is 0 Å². The van der Waals surface area contributed by atoms with Crippen molar-refractivity contribution in [2.45, 2.75) is 24.2 Å². The number of anilines is 2. The molecular formula is C20H19N3O3S. The highest BCUT2D eigenvalue weighted by molar-refractivity contribution is 8.04. The molecule has 7 heteroatoms. The van der Waals surface area contributed by atoms with Gasteiger partial charge in [-0.15, -0.1) is 0 Å². The molecule has 2 aromatic carbocycles. The molecule has 1 fully saturated rings. The Labute approximate surface area is 161 Å². The van der Waals surface area contributed by atoms with Gasteiger partial charge in [0.2, 0.25) is 0 Å². The Kier molecular flexibility index (Phi) is 4.85. The van der Waals surface area contributed by atoms with Gasteiger partial charge in [-0.3, -0.25) is 14.9 Å². The molecule has 0 saturated carbocycles. The first-order valence-corrected chi connectivity index (χ1v) is 9.77. The lowest BCUT2D eigenvalue weighted by atomic mass is 10.1. The number of nitrogens with one attached hydrogen (secondary N) is 1. The molecule has 6 nitrogen and oxygen atoms in total. The van der Waals surface area contributed by atoms with E-state index in [2.05, 4.69) is 10.2 Å². The molecule has 4 rings (SSSR count). The number of fused-ring (bicyclic) bond motifs is 1. The fraction of sp³-hybridized carbons (Fsp3) is 0.250. The fourth-order valence-corrected chi connectivity index (χ4v) is 4.38. The molecule has 2 aliphatic heterocycles. The largest absolute Gasteiger partial charge is 0.366 e. The molecule has 0 atom stereocenters. The SMILES string of the molecule is O=C1Nc2ccccc2S/C1=C/c1ccc(N2CCCCC2)c([N+](=O)[O-])c1. The van der Waals surface area contributed by atoms with Crippen LogP contribution in [0.5, 0.6) is 0 Å². The molecule has 1 amide bonds. The fourth-order valence-electron chi connectivity index (χ4n) is 3.43. The molecule has 2 aromatic rings. The van der Waals surface area contributed by atoms with Gasteiger partial charge in [-0.2, -0.15) is 0 Å². The number of nitrogens with zero attached hydrogens (tertiary/aromatic N) is 2. The number of amides is 1. The number of hydrogen-bond acceptors (Lipinski definition) is 5. The lowest BCUT2D eigenvalue weighted by molar-refractivity contribution is -0.384. The molecule has 1 N–H and O–H groups in total. The van der Waals surface area contributed by atoms with E-state index in [0.717, 1.165) is 36.5 Å².